The van der Waals surface area contributed by atoms with E-state index in [0.717, 1.165) is 24.9 Å². The van der Waals surface area contributed by atoms with Crippen molar-refractivity contribution in [3.8, 4) is 0 Å². The predicted octanol–water partition coefficient (Wildman–Crippen LogP) is 1.75. The number of hydrogen-bond donors (Lipinski definition) is 2. The zero-order valence-corrected chi connectivity index (χ0v) is 9.87. The van der Waals surface area contributed by atoms with Gasteiger partial charge in [-0.1, -0.05) is 12.1 Å². The predicted molar refractivity (Wildman–Crippen MR) is 64.0 cm³/mol. The van der Waals surface area contributed by atoms with E-state index in [9.17, 15) is 9.18 Å². The average Bonchev–Trinajstić information content (AvgIpc) is 2.82. The fourth-order valence-corrected chi connectivity index (χ4v) is 2.08. The highest BCUT2D eigenvalue weighted by Gasteiger charge is 2.23. The maximum atomic E-state index is 13.0. The summed E-state index contributed by atoms with van der Waals surface area (Å²) in [5.74, 6) is -0.276. The third kappa shape index (κ3) is 3.03. The summed E-state index contributed by atoms with van der Waals surface area (Å²) in [6.07, 6.45) is 1.91. The molecule has 0 saturated carbocycles. The lowest BCUT2D eigenvalue weighted by Gasteiger charge is -2.17. The van der Waals surface area contributed by atoms with E-state index in [1.165, 1.54) is 12.1 Å². The fraction of sp³-hybridized carbons (Fsp3) is 0.462. The Balaban J connectivity index is 1.96. The van der Waals surface area contributed by atoms with Gasteiger partial charge in [-0.15, -0.1) is 0 Å². The minimum absolute atomic E-state index is 0.000684. The van der Waals surface area contributed by atoms with Crippen LogP contribution in [0.15, 0.2) is 24.3 Å². The molecule has 2 rings (SSSR count). The SMILES string of the molecule is CC(NC(=O)[C@@H]1CCCN1)c1cccc(F)c1. The van der Waals surface area contributed by atoms with Crippen LogP contribution in [0.5, 0.6) is 0 Å². The summed E-state index contributed by atoms with van der Waals surface area (Å²) in [5, 5.41) is 6.04. The van der Waals surface area contributed by atoms with Gasteiger partial charge >= 0.3 is 0 Å². The van der Waals surface area contributed by atoms with E-state index in [0.29, 0.717) is 0 Å². The van der Waals surface area contributed by atoms with Crippen molar-refractivity contribution in [2.45, 2.75) is 31.8 Å². The molecule has 4 heteroatoms. The molecule has 0 radical (unpaired) electrons. The number of nitrogens with one attached hydrogen (secondary N) is 2. The second-order valence-corrected chi connectivity index (χ2v) is 4.43. The number of rotatable bonds is 3. The van der Waals surface area contributed by atoms with Crippen molar-refractivity contribution in [2.24, 2.45) is 0 Å². The van der Waals surface area contributed by atoms with Crippen LogP contribution in [0.2, 0.25) is 0 Å². The first-order valence-electron chi connectivity index (χ1n) is 5.96. The largest absolute Gasteiger partial charge is 0.348 e. The van der Waals surface area contributed by atoms with Gasteiger partial charge in [0, 0.05) is 0 Å². The van der Waals surface area contributed by atoms with Crippen molar-refractivity contribution in [1.29, 1.82) is 0 Å². The van der Waals surface area contributed by atoms with Gasteiger partial charge in [0.2, 0.25) is 5.91 Å². The van der Waals surface area contributed by atoms with Gasteiger partial charge in [-0.05, 0) is 44.0 Å². The highest BCUT2D eigenvalue weighted by molar-refractivity contribution is 5.82. The monoisotopic (exact) mass is 236 g/mol. The van der Waals surface area contributed by atoms with Gasteiger partial charge in [-0.25, -0.2) is 4.39 Å². The second kappa shape index (κ2) is 5.27. The van der Waals surface area contributed by atoms with E-state index in [1.807, 2.05) is 13.0 Å². The number of carbonyl (C=O) groups excluding carboxylic acids is 1. The minimum Gasteiger partial charge on any atom is -0.348 e. The van der Waals surface area contributed by atoms with Gasteiger partial charge < -0.3 is 10.6 Å². The minimum atomic E-state index is -0.275. The zero-order valence-electron chi connectivity index (χ0n) is 9.87. The first kappa shape index (κ1) is 12.0. The van der Waals surface area contributed by atoms with Gasteiger partial charge in [0.1, 0.15) is 5.82 Å². The molecule has 1 aliphatic rings. The van der Waals surface area contributed by atoms with Crippen LogP contribution in [-0.2, 0) is 4.79 Å². The quantitative estimate of drug-likeness (QED) is 0.839. The van der Waals surface area contributed by atoms with Crippen LogP contribution in [0.4, 0.5) is 4.39 Å². The molecule has 0 spiro atoms. The highest BCUT2D eigenvalue weighted by atomic mass is 19.1. The van der Waals surface area contributed by atoms with Crippen LogP contribution in [-0.4, -0.2) is 18.5 Å². The van der Waals surface area contributed by atoms with Crippen molar-refractivity contribution < 1.29 is 9.18 Å². The van der Waals surface area contributed by atoms with Crippen molar-refractivity contribution in [3.05, 3.63) is 35.6 Å². The van der Waals surface area contributed by atoms with E-state index < -0.39 is 0 Å². The first-order valence-corrected chi connectivity index (χ1v) is 5.96. The Labute approximate surface area is 100 Å². The number of amides is 1. The summed E-state index contributed by atoms with van der Waals surface area (Å²) in [6.45, 7) is 2.76. The Morgan fingerprint density at radius 2 is 2.41 bits per heavy atom. The van der Waals surface area contributed by atoms with E-state index in [1.54, 1.807) is 6.07 Å². The molecule has 3 nitrogen and oxygen atoms in total. The van der Waals surface area contributed by atoms with Gasteiger partial charge in [0.05, 0.1) is 12.1 Å². The van der Waals surface area contributed by atoms with Crippen LogP contribution in [0.3, 0.4) is 0 Å². The molecular weight excluding hydrogens is 219 g/mol. The Hall–Kier alpha value is -1.42. The summed E-state index contributed by atoms with van der Waals surface area (Å²) in [7, 11) is 0. The topological polar surface area (TPSA) is 41.1 Å². The molecule has 17 heavy (non-hydrogen) atoms. The molecule has 2 atom stereocenters. The summed E-state index contributed by atoms with van der Waals surface area (Å²) >= 11 is 0. The van der Waals surface area contributed by atoms with E-state index >= 15 is 0 Å². The summed E-state index contributed by atoms with van der Waals surface area (Å²) in [4.78, 5) is 11.8. The van der Waals surface area contributed by atoms with Crippen molar-refractivity contribution >= 4 is 5.91 Å². The van der Waals surface area contributed by atoms with Gasteiger partial charge in [0.15, 0.2) is 0 Å². The Morgan fingerprint density at radius 3 is 3.06 bits per heavy atom. The van der Waals surface area contributed by atoms with Crippen LogP contribution in [0, 0.1) is 5.82 Å². The molecule has 1 amide bonds. The number of hydrogen-bond acceptors (Lipinski definition) is 2. The lowest BCUT2D eigenvalue weighted by atomic mass is 10.1. The molecule has 1 aromatic carbocycles. The molecule has 0 bridgehead atoms. The standard InChI is InChI=1S/C13H17FN2O/c1-9(10-4-2-5-11(14)8-10)16-13(17)12-6-3-7-15-12/h2,4-5,8-9,12,15H,3,6-7H2,1H3,(H,16,17)/t9?,12-/m0/s1. The van der Waals surface area contributed by atoms with Crippen molar-refractivity contribution in [3.63, 3.8) is 0 Å². The third-order valence-electron chi connectivity index (χ3n) is 3.08. The van der Waals surface area contributed by atoms with Crippen LogP contribution in [0.1, 0.15) is 31.4 Å². The van der Waals surface area contributed by atoms with Crippen LogP contribution < -0.4 is 10.6 Å². The molecule has 0 aliphatic carbocycles. The molecule has 1 saturated heterocycles. The van der Waals surface area contributed by atoms with E-state index in [4.69, 9.17) is 0 Å². The maximum Gasteiger partial charge on any atom is 0.237 e. The number of benzene rings is 1. The lowest BCUT2D eigenvalue weighted by molar-refractivity contribution is -0.123. The number of halogens is 1. The van der Waals surface area contributed by atoms with E-state index in [2.05, 4.69) is 10.6 Å². The zero-order chi connectivity index (χ0) is 12.3. The number of carbonyl (C=O) groups is 1. The van der Waals surface area contributed by atoms with Crippen molar-refractivity contribution in [2.75, 3.05) is 6.54 Å². The molecule has 1 aliphatic heterocycles. The Morgan fingerprint density at radius 1 is 1.59 bits per heavy atom. The normalized spacial score (nSPS) is 21.2. The highest BCUT2D eigenvalue weighted by Crippen LogP contribution is 2.14. The third-order valence-corrected chi connectivity index (χ3v) is 3.08. The Bertz CT molecular complexity index is 402. The fourth-order valence-electron chi connectivity index (χ4n) is 2.08. The average molecular weight is 236 g/mol. The lowest BCUT2D eigenvalue weighted by Crippen LogP contribution is -2.41. The summed E-state index contributed by atoms with van der Waals surface area (Å²) in [6, 6.07) is 6.06. The van der Waals surface area contributed by atoms with Crippen LogP contribution >= 0.6 is 0 Å². The second-order valence-electron chi connectivity index (χ2n) is 4.43. The summed E-state index contributed by atoms with van der Waals surface area (Å²) in [5.41, 5.74) is 0.788. The molecular formula is C13H17FN2O. The molecule has 1 fully saturated rings. The molecule has 1 aromatic rings. The summed E-state index contributed by atoms with van der Waals surface area (Å²) < 4.78 is 13.0. The van der Waals surface area contributed by atoms with Gasteiger partial charge in [0.25, 0.3) is 0 Å². The molecule has 0 aromatic heterocycles. The van der Waals surface area contributed by atoms with E-state index in [-0.39, 0.29) is 23.8 Å². The molecule has 92 valence electrons. The van der Waals surface area contributed by atoms with Crippen molar-refractivity contribution in [1.82, 2.24) is 10.6 Å². The van der Waals surface area contributed by atoms with Crippen LogP contribution in [0.25, 0.3) is 0 Å². The van der Waals surface area contributed by atoms with Gasteiger partial charge in [-0.3, -0.25) is 4.79 Å². The molecule has 1 unspecified atom stereocenters. The smallest absolute Gasteiger partial charge is 0.237 e. The first-order chi connectivity index (χ1) is 8.16. The molecule has 2 N–H and O–H groups in total. The van der Waals surface area contributed by atoms with Gasteiger partial charge in [-0.2, -0.15) is 0 Å². The maximum absolute atomic E-state index is 13.0. The molecule has 1 heterocycles. The Kier molecular flexibility index (Phi) is 3.74.